The van der Waals surface area contributed by atoms with E-state index in [9.17, 15) is 0 Å². The van der Waals surface area contributed by atoms with E-state index in [2.05, 4.69) is 17.1 Å². The van der Waals surface area contributed by atoms with Gasteiger partial charge in [-0.25, -0.2) is 0 Å². The van der Waals surface area contributed by atoms with Gasteiger partial charge in [0.1, 0.15) is 12.4 Å². The molecule has 2 aromatic rings. The fraction of sp³-hybridized carbons (Fsp3) is 0.429. The van der Waals surface area contributed by atoms with Crippen molar-refractivity contribution >= 4 is 23.4 Å². The zero-order valence-corrected chi connectivity index (χ0v) is 13.2. The van der Waals surface area contributed by atoms with Crippen molar-refractivity contribution in [2.24, 2.45) is 7.05 Å². The van der Waals surface area contributed by atoms with E-state index >= 15 is 0 Å². The quantitative estimate of drug-likeness (QED) is 0.573. The second-order valence-corrected chi connectivity index (χ2v) is 5.85. The lowest BCUT2D eigenvalue weighted by Gasteiger charge is -2.07. The van der Waals surface area contributed by atoms with Crippen LogP contribution in [-0.4, -0.2) is 20.5 Å². The van der Waals surface area contributed by atoms with Crippen molar-refractivity contribution in [3.8, 4) is 5.75 Å². The Morgan fingerprint density at radius 2 is 2.10 bits per heavy atom. The third kappa shape index (κ3) is 3.90. The summed E-state index contributed by atoms with van der Waals surface area (Å²) >= 11 is 7.77. The highest BCUT2D eigenvalue weighted by atomic mass is 35.5. The van der Waals surface area contributed by atoms with Gasteiger partial charge in [-0.2, -0.15) is 0 Å². The molecule has 108 valence electrons. The van der Waals surface area contributed by atoms with Crippen LogP contribution < -0.4 is 4.74 Å². The van der Waals surface area contributed by atoms with Gasteiger partial charge in [0, 0.05) is 12.8 Å². The van der Waals surface area contributed by atoms with Gasteiger partial charge in [0.25, 0.3) is 0 Å². The number of aromatic nitrogens is 3. The Bertz CT molecular complexity index is 559. The fourth-order valence-corrected chi connectivity index (χ4v) is 2.81. The Morgan fingerprint density at radius 1 is 1.30 bits per heavy atom. The number of ether oxygens (including phenoxy) is 1. The SMILES string of the molecule is CCCCSc1nnc(COc2ccccc2Cl)n1C. The summed E-state index contributed by atoms with van der Waals surface area (Å²) in [5.41, 5.74) is 0. The van der Waals surface area contributed by atoms with Crippen LogP contribution in [0.3, 0.4) is 0 Å². The van der Waals surface area contributed by atoms with Crippen LogP contribution in [-0.2, 0) is 13.7 Å². The molecule has 1 aromatic carbocycles. The Kier molecular flexibility index (Phi) is 5.73. The van der Waals surface area contributed by atoms with Gasteiger partial charge in [0.15, 0.2) is 11.0 Å². The van der Waals surface area contributed by atoms with Crippen molar-refractivity contribution in [1.82, 2.24) is 14.8 Å². The van der Waals surface area contributed by atoms with Gasteiger partial charge in [0.2, 0.25) is 0 Å². The molecule has 6 heteroatoms. The van der Waals surface area contributed by atoms with Crippen LogP contribution in [0.15, 0.2) is 29.4 Å². The largest absolute Gasteiger partial charge is 0.484 e. The van der Waals surface area contributed by atoms with Crippen LogP contribution >= 0.6 is 23.4 Å². The van der Waals surface area contributed by atoms with Gasteiger partial charge in [-0.1, -0.05) is 48.8 Å². The zero-order valence-electron chi connectivity index (χ0n) is 11.7. The lowest BCUT2D eigenvalue weighted by molar-refractivity contribution is 0.290. The van der Waals surface area contributed by atoms with Gasteiger partial charge in [0.05, 0.1) is 5.02 Å². The van der Waals surface area contributed by atoms with Gasteiger partial charge >= 0.3 is 0 Å². The smallest absolute Gasteiger partial charge is 0.191 e. The minimum Gasteiger partial charge on any atom is -0.484 e. The second-order valence-electron chi connectivity index (χ2n) is 4.38. The minimum absolute atomic E-state index is 0.363. The Balaban J connectivity index is 1.95. The normalized spacial score (nSPS) is 10.8. The summed E-state index contributed by atoms with van der Waals surface area (Å²) in [5, 5.41) is 9.88. The molecule has 4 nitrogen and oxygen atoms in total. The minimum atomic E-state index is 0.363. The van der Waals surface area contributed by atoms with Gasteiger partial charge in [-0.05, 0) is 18.6 Å². The highest BCUT2D eigenvalue weighted by molar-refractivity contribution is 7.99. The number of benzene rings is 1. The van der Waals surface area contributed by atoms with Crippen molar-refractivity contribution in [1.29, 1.82) is 0 Å². The molecular formula is C14H18ClN3OS. The van der Waals surface area contributed by atoms with Crippen LogP contribution in [0, 0.1) is 0 Å². The van der Waals surface area contributed by atoms with Crippen LogP contribution in [0.25, 0.3) is 0 Å². The molecule has 0 aliphatic carbocycles. The molecule has 0 radical (unpaired) electrons. The summed E-state index contributed by atoms with van der Waals surface area (Å²) < 4.78 is 7.65. The molecule has 0 aliphatic rings. The van der Waals surface area contributed by atoms with E-state index in [4.69, 9.17) is 16.3 Å². The molecule has 0 fully saturated rings. The maximum absolute atomic E-state index is 6.05. The highest BCUT2D eigenvalue weighted by Crippen LogP contribution is 2.24. The molecule has 1 aromatic heterocycles. The van der Waals surface area contributed by atoms with Crippen molar-refractivity contribution in [3.63, 3.8) is 0 Å². The van der Waals surface area contributed by atoms with E-state index < -0.39 is 0 Å². The average molecular weight is 312 g/mol. The van der Waals surface area contributed by atoms with Crippen LogP contribution in [0.1, 0.15) is 25.6 Å². The number of unbranched alkanes of at least 4 members (excludes halogenated alkanes) is 1. The summed E-state index contributed by atoms with van der Waals surface area (Å²) in [5.74, 6) is 2.52. The van der Waals surface area contributed by atoms with Gasteiger partial charge in [-0.3, -0.25) is 0 Å². The number of thioether (sulfide) groups is 1. The summed E-state index contributed by atoms with van der Waals surface area (Å²) in [6, 6.07) is 7.42. The van der Waals surface area contributed by atoms with Crippen molar-refractivity contribution in [2.75, 3.05) is 5.75 Å². The maximum atomic E-state index is 6.05. The van der Waals surface area contributed by atoms with E-state index in [1.165, 1.54) is 12.8 Å². The standard InChI is InChI=1S/C14H18ClN3OS/c1-3-4-9-20-14-17-16-13(18(14)2)10-19-12-8-6-5-7-11(12)15/h5-8H,3-4,9-10H2,1-2H3. The van der Waals surface area contributed by atoms with E-state index in [1.807, 2.05) is 29.8 Å². The van der Waals surface area contributed by atoms with Crippen molar-refractivity contribution in [3.05, 3.63) is 35.1 Å². The molecule has 0 N–H and O–H groups in total. The molecule has 0 saturated heterocycles. The Labute approximate surface area is 128 Å². The topological polar surface area (TPSA) is 39.9 Å². The summed E-state index contributed by atoms with van der Waals surface area (Å²) in [4.78, 5) is 0. The van der Waals surface area contributed by atoms with E-state index in [0.717, 1.165) is 16.7 Å². The molecule has 0 amide bonds. The number of nitrogens with zero attached hydrogens (tertiary/aromatic N) is 3. The molecule has 2 rings (SSSR count). The first-order valence-electron chi connectivity index (χ1n) is 6.60. The number of hydrogen-bond acceptors (Lipinski definition) is 4. The zero-order chi connectivity index (χ0) is 14.4. The lowest BCUT2D eigenvalue weighted by atomic mass is 10.3. The molecule has 0 unspecified atom stereocenters. The number of halogens is 1. The predicted molar refractivity (Wildman–Crippen MR) is 82.4 cm³/mol. The van der Waals surface area contributed by atoms with E-state index in [1.54, 1.807) is 17.8 Å². The number of rotatable bonds is 7. The Hall–Kier alpha value is -1.20. The third-order valence-electron chi connectivity index (χ3n) is 2.85. The van der Waals surface area contributed by atoms with E-state index in [-0.39, 0.29) is 0 Å². The highest BCUT2D eigenvalue weighted by Gasteiger charge is 2.10. The summed E-state index contributed by atoms with van der Waals surface area (Å²) in [6.45, 7) is 2.54. The van der Waals surface area contributed by atoms with E-state index in [0.29, 0.717) is 17.4 Å². The first kappa shape index (κ1) is 15.2. The Morgan fingerprint density at radius 3 is 2.85 bits per heavy atom. The molecule has 0 atom stereocenters. The molecule has 0 bridgehead atoms. The van der Waals surface area contributed by atoms with Gasteiger partial charge < -0.3 is 9.30 Å². The van der Waals surface area contributed by atoms with Crippen molar-refractivity contribution in [2.45, 2.75) is 31.5 Å². The maximum Gasteiger partial charge on any atom is 0.191 e. The van der Waals surface area contributed by atoms with Crippen LogP contribution in [0.5, 0.6) is 5.75 Å². The monoisotopic (exact) mass is 311 g/mol. The summed E-state index contributed by atoms with van der Waals surface area (Å²) in [7, 11) is 1.96. The fourth-order valence-electron chi connectivity index (χ4n) is 1.61. The summed E-state index contributed by atoms with van der Waals surface area (Å²) in [6.07, 6.45) is 2.37. The van der Waals surface area contributed by atoms with Gasteiger partial charge in [-0.15, -0.1) is 10.2 Å². The first-order valence-corrected chi connectivity index (χ1v) is 7.97. The predicted octanol–water partition coefficient (Wildman–Crippen LogP) is 3.94. The lowest BCUT2D eigenvalue weighted by Crippen LogP contribution is -2.04. The third-order valence-corrected chi connectivity index (χ3v) is 4.27. The van der Waals surface area contributed by atoms with Crippen LogP contribution in [0.4, 0.5) is 0 Å². The molecule has 0 spiro atoms. The molecule has 0 aliphatic heterocycles. The molecule has 1 heterocycles. The molecular weight excluding hydrogens is 294 g/mol. The number of hydrogen-bond donors (Lipinski definition) is 0. The second kappa shape index (κ2) is 7.55. The van der Waals surface area contributed by atoms with Crippen molar-refractivity contribution < 1.29 is 4.74 Å². The number of para-hydroxylation sites is 1. The molecule has 0 saturated carbocycles. The van der Waals surface area contributed by atoms with Crippen LogP contribution in [0.2, 0.25) is 5.02 Å². The average Bonchev–Trinajstić information content (AvgIpc) is 2.80. The first-order chi connectivity index (χ1) is 9.72. The molecule has 20 heavy (non-hydrogen) atoms.